The van der Waals surface area contributed by atoms with Crippen molar-refractivity contribution in [3.05, 3.63) is 12.2 Å². The van der Waals surface area contributed by atoms with Crippen LogP contribution in [-0.4, -0.2) is 47.2 Å². The first-order valence-corrected chi connectivity index (χ1v) is 7.74. The van der Waals surface area contributed by atoms with E-state index < -0.39 is 14.5 Å². The van der Waals surface area contributed by atoms with E-state index in [1.807, 2.05) is 0 Å². The van der Waals surface area contributed by atoms with Gasteiger partial charge in [-0.2, -0.15) is 0 Å². The summed E-state index contributed by atoms with van der Waals surface area (Å²) < 4.78 is 16.0. The molecule has 0 saturated heterocycles. The molecule has 0 fully saturated rings. The molecule has 0 aliphatic rings. The van der Waals surface area contributed by atoms with Crippen LogP contribution >= 0.6 is 0 Å². The van der Waals surface area contributed by atoms with E-state index in [1.165, 1.54) is 0 Å². The Bertz CT molecular complexity index is 250. The Kier molecular flexibility index (Phi) is 8.06. The normalized spacial score (nSPS) is 11.5. The van der Waals surface area contributed by atoms with Gasteiger partial charge in [-0.3, -0.25) is 0 Å². The highest BCUT2D eigenvalue weighted by molar-refractivity contribution is 6.67. The summed E-state index contributed by atoms with van der Waals surface area (Å²) in [5, 5.41) is 8.66. The largest absolute Gasteiger partial charge is 0.478 e. The Morgan fingerprint density at radius 1 is 1.24 bits per heavy atom. The highest BCUT2D eigenvalue weighted by Crippen LogP contribution is 2.18. The molecule has 0 unspecified atom stereocenters. The fraction of sp³-hybridized carbons (Fsp3) is 0.727. The maximum atomic E-state index is 10.5. The topological polar surface area (TPSA) is 65.0 Å². The number of hydrogen-bond acceptors (Lipinski definition) is 4. The molecule has 0 rings (SSSR count). The lowest BCUT2D eigenvalue weighted by Crippen LogP contribution is -2.45. The van der Waals surface area contributed by atoms with Gasteiger partial charge in [0.1, 0.15) is 0 Å². The highest BCUT2D eigenvalue weighted by atomic mass is 28.4. The molecule has 0 saturated carbocycles. The van der Waals surface area contributed by atoms with E-state index in [4.69, 9.17) is 18.7 Å². The number of hydrogen-bond donors (Lipinski definition) is 1. The monoisotopic (exact) mass is 262 g/mol. The third-order valence-electron chi connectivity index (χ3n) is 2.70. The first-order chi connectivity index (χ1) is 8.01. The molecule has 0 aliphatic carbocycles. The van der Waals surface area contributed by atoms with Gasteiger partial charge < -0.3 is 18.7 Å². The Morgan fingerprint density at radius 3 is 2.24 bits per heavy atom. The fourth-order valence-electron chi connectivity index (χ4n) is 1.54. The maximum Gasteiger partial charge on any atom is 0.364 e. The Morgan fingerprint density at radius 2 is 1.82 bits per heavy atom. The van der Waals surface area contributed by atoms with Gasteiger partial charge in [-0.1, -0.05) is 13.0 Å². The molecule has 1 N–H and O–H groups in total. The van der Waals surface area contributed by atoms with Gasteiger partial charge in [-0.25, -0.2) is 4.79 Å². The number of unbranched alkanes of at least 4 members (excludes halogenated alkanes) is 1. The molecular weight excluding hydrogens is 240 g/mol. The molecule has 17 heavy (non-hydrogen) atoms. The summed E-state index contributed by atoms with van der Waals surface area (Å²) in [4.78, 5) is 10.5. The molecule has 6 heteroatoms. The van der Waals surface area contributed by atoms with Crippen molar-refractivity contribution in [2.24, 2.45) is 0 Å². The van der Waals surface area contributed by atoms with Gasteiger partial charge in [0.05, 0.1) is 6.23 Å². The van der Waals surface area contributed by atoms with Crippen LogP contribution in [0, 0.1) is 0 Å². The quantitative estimate of drug-likeness (QED) is 0.369. The minimum atomic E-state index is -2.24. The summed E-state index contributed by atoms with van der Waals surface area (Å²) in [5.74, 6) is -0.927. The summed E-state index contributed by atoms with van der Waals surface area (Å²) in [5.41, 5.74) is 0.249. The summed E-state index contributed by atoms with van der Waals surface area (Å²) in [6.45, 7) is 3.49. The van der Waals surface area contributed by atoms with E-state index >= 15 is 0 Å². The molecule has 0 bridgehead atoms. The molecular formula is C11H22O5Si. The van der Waals surface area contributed by atoms with Crippen LogP contribution in [-0.2, 0) is 18.4 Å². The fourth-order valence-corrected chi connectivity index (χ4v) is 3.72. The van der Waals surface area contributed by atoms with E-state index in [-0.39, 0.29) is 5.57 Å². The SMILES string of the molecule is C=C(CCCC[Si](COC)(OC)OC)C(=O)O. The van der Waals surface area contributed by atoms with Crippen LogP contribution in [0.4, 0.5) is 0 Å². The van der Waals surface area contributed by atoms with Crippen molar-refractivity contribution in [2.45, 2.75) is 25.3 Å². The Hall–Kier alpha value is -0.693. The van der Waals surface area contributed by atoms with Crippen LogP contribution in [0.15, 0.2) is 12.2 Å². The number of carboxylic acid groups (broad SMARTS) is 1. The summed E-state index contributed by atoms with van der Waals surface area (Å²) in [6, 6.07) is 0.792. The van der Waals surface area contributed by atoms with Crippen LogP contribution in [0.25, 0.3) is 0 Å². The molecule has 0 aromatic carbocycles. The van der Waals surface area contributed by atoms with E-state index in [0.717, 1.165) is 18.9 Å². The second kappa shape index (κ2) is 8.41. The summed E-state index contributed by atoms with van der Waals surface area (Å²) >= 11 is 0. The average molecular weight is 262 g/mol. The second-order valence-corrected chi connectivity index (χ2v) is 7.29. The first-order valence-electron chi connectivity index (χ1n) is 5.51. The number of aliphatic carboxylic acids is 1. The van der Waals surface area contributed by atoms with Crippen LogP contribution in [0.1, 0.15) is 19.3 Å². The van der Waals surface area contributed by atoms with E-state index in [9.17, 15) is 4.79 Å². The van der Waals surface area contributed by atoms with Crippen molar-refractivity contribution >= 4 is 14.5 Å². The van der Waals surface area contributed by atoms with Crippen molar-refractivity contribution in [1.29, 1.82) is 0 Å². The maximum absolute atomic E-state index is 10.5. The van der Waals surface area contributed by atoms with Crippen molar-refractivity contribution in [1.82, 2.24) is 0 Å². The third-order valence-corrected chi connectivity index (χ3v) is 6.03. The van der Waals surface area contributed by atoms with Crippen molar-refractivity contribution < 1.29 is 23.5 Å². The zero-order chi connectivity index (χ0) is 13.3. The van der Waals surface area contributed by atoms with E-state index in [2.05, 4.69) is 6.58 Å². The molecule has 100 valence electrons. The Balaban J connectivity index is 3.98. The van der Waals surface area contributed by atoms with Gasteiger partial charge in [0.15, 0.2) is 0 Å². The predicted molar refractivity (Wildman–Crippen MR) is 67.1 cm³/mol. The molecule has 0 radical (unpaired) electrons. The minimum absolute atomic E-state index is 0.249. The molecule has 5 nitrogen and oxygen atoms in total. The van der Waals surface area contributed by atoms with Crippen molar-refractivity contribution in [2.75, 3.05) is 27.6 Å². The van der Waals surface area contributed by atoms with Gasteiger partial charge in [0, 0.05) is 26.9 Å². The summed E-state index contributed by atoms with van der Waals surface area (Å²) in [7, 11) is 2.63. The standard InChI is InChI=1S/C11H22O5Si/c1-10(11(12)13)7-5-6-8-17(15-3,16-4)9-14-2/h1,5-9H2,2-4H3,(H,12,13). The number of carboxylic acids is 1. The zero-order valence-electron chi connectivity index (χ0n) is 10.8. The van der Waals surface area contributed by atoms with Gasteiger partial charge in [0.2, 0.25) is 0 Å². The van der Waals surface area contributed by atoms with Crippen molar-refractivity contribution in [3.8, 4) is 0 Å². The average Bonchev–Trinajstić information content (AvgIpc) is 2.32. The molecule has 0 atom stereocenters. The lowest BCUT2D eigenvalue weighted by molar-refractivity contribution is -0.132. The molecule has 0 heterocycles. The van der Waals surface area contributed by atoms with Gasteiger partial charge in [-0.05, 0) is 18.9 Å². The van der Waals surface area contributed by atoms with E-state index in [1.54, 1.807) is 21.3 Å². The Labute approximate surface area is 104 Å². The lowest BCUT2D eigenvalue weighted by atomic mass is 10.1. The van der Waals surface area contributed by atoms with Crippen LogP contribution in [0.3, 0.4) is 0 Å². The molecule has 0 spiro atoms. The molecule has 0 amide bonds. The highest BCUT2D eigenvalue weighted by Gasteiger charge is 2.34. The van der Waals surface area contributed by atoms with Crippen molar-refractivity contribution in [3.63, 3.8) is 0 Å². The second-order valence-electron chi connectivity index (χ2n) is 3.87. The van der Waals surface area contributed by atoms with Crippen LogP contribution in [0.2, 0.25) is 6.04 Å². The van der Waals surface area contributed by atoms with Gasteiger partial charge in [0.25, 0.3) is 0 Å². The van der Waals surface area contributed by atoms with Gasteiger partial charge in [-0.15, -0.1) is 0 Å². The van der Waals surface area contributed by atoms with E-state index in [0.29, 0.717) is 12.7 Å². The minimum Gasteiger partial charge on any atom is -0.478 e. The number of rotatable bonds is 10. The van der Waals surface area contributed by atoms with Gasteiger partial charge >= 0.3 is 14.5 Å². The van der Waals surface area contributed by atoms with Crippen LogP contribution < -0.4 is 0 Å². The molecule has 0 aliphatic heterocycles. The smallest absolute Gasteiger partial charge is 0.364 e. The summed E-state index contributed by atoms with van der Waals surface area (Å²) in [6.07, 6.45) is 2.61. The molecule has 0 aromatic rings. The number of carbonyl (C=O) groups is 1. The number of methoxy groups -OCH3 is 1. The lowest BCUT2D eigenvalue weighted by Gasteiger charge is -2.26. The molecule has 0 aromatic heterocycles. The van der Waals surface area contributed by atoms with Crippen LogP contribution in [0.5, 0.6) is 0 Å². The zero-order valence-corrected chi connectivity index (χ0v) is 11.8. The third kappa shape index (κ3) is 5.97. The number of ether oxygens (including phenoxy) is 1. The predicted octanol–water partition coefficient (Wildman–Crippen LogP) is 1.72. The first kappa shape index (κ1) is 16.3.